The Morgan fingerprint density at radius 1 is 0.698 bits per heavy atom. The van der Waals surface area contributed by atoms with Crippen LogP contribution in [0, 0.1) is 5.92 Å². The SMILES string of the molecule is CCCCCCCCCCCCC(=O)OC(COC(=O)C1CCCCCCCCCCC1)COP(=O)(O)OCCNC(=O)CCC(=O)OC[Si](C)(C)C. The number of hydrogen-bond acceptors (Lipinski definition) is 10. The van der Waals surface area contributed by atoms with E-state index in [9.17, 15) is 28.6 Å². The zero-order chi connectivity index (χ0) is 39.2. The molecule has 14 heteroatoms. The van der Waals surface area contributed by atoms with Gasteiger partial charge in [-0.2, -0.15) is 0 Å². The Morgan fingerprint density at radius 3 is 1.81 bits per heavy atom. The van der Waals surface area contributed by atoms with Crippen LogP contribution in [-0.4, -0.2) is 75.5 Å². The molecule has 310 valence electrons. The zero-order valence-electron chi connectivity index (χ0n) is 33.6. The van der Waals surface area contributed by atoms with Crippen LogP contribution in [0.1, 0.15) is 161 Å². The van der Waals surface area contributed by atoms with Gasteiger partial charge in [0, 0.05) is 19.4 Å². The maximum absolute atomic E-state index is 13.2. The minimum atomic E-state index is -4.61. The molecule has 2 N–H and O–H groups in total. The Morgan fingerprint density at radius 2 is 1.25 bits per heavy atom. The van der Waals surface area contributed by atoms with Gasteiger partial charge in [0.25, 0.3) is 0 Å². The van der Waals surface area contributed by atoms with Crippen LogP contribution < -0.4 is 5.32 Å². The summed E-state index contributed by atoms with van der Waals surface area (Å²) in [7, 11) is -6.16. The number of hydrogen-bond donors (Lipinski definition) is 2. The normalized spacial score (nSPS) is 16.7. The Balaban J connectivity index is 2.59. The first-order valence-corrected chi connectivity index (χ1v) is 25.9. The van der Waals surface area contributed by atoms with E-state index in [-0.39, 0.29) is 50.9 Å². The first-order chi connectivity index (χ1) is 25.3. The highest BCUT2D eigenvalue weighted by Crippen LogP contribution is 2.43. The summed E-state index contributed by atoms with van der Waals surface area (Å²) in [4.78, 5) is 60.2. The average molecular weight is 792 g/mol. The van der Waals surface area contributed by atoms with Crippen LogP contribution in [0.3, 0.4) is 0 Å². The predicted molar refractivity (Wildman–Crippen MR) is 210 cm³/mol. The first-order valence-electron chi connectivity index (χ1n) is 20.7. The third kappa shape index (κ3) is 30.2. The molecule has 12 nitrogen and oxygen atoms in total. The highest BCUT2D eigenvalue weighted by molar-refractivity contribution is 7.47. The van der Waals surface area contributed by atoms with Crippen molar-refractivity contribution in [1.82, 2.24) is 5.32 Å². The Hall–Kier alpha value is -1.79. The summed E-state index contributed by atoms with van der Waals surface area (Å²) in [6, 6.07) is 0. The van der Waals surface area contributed by atoms with Crippen molar-refractivity contribution in [2.75, 3.05) is 32.6 Å². The van der Waals surface area contributed by atoms with E-state index in [2.05, 4.69) is 31.9 Å². The molecule has 0 saturated heterocycles. The summed E-state index contributed by atoms with van der Waals surface area (Å²) in [5.74, 6) is -1.94. The first kappa shape index (κ1) is 49.2. The van der Waals surface area contributed by atoms with Crippen molar-refractivity contribution < 1.29 is 51.9 Å². The maximum atomic E-state index is 13.2. The van der Waals surface area contributed by atoms with E-state index in [0.29, 0.717) is 12.7 Å². The van der Waals surface area contributed by atoms with Gasteiger partial charge in [0.05, 0.1) is 39.9 Å². The number of nitrogens with one attached hydrogen (secondary N) is 1. The van der Waals surface area contributed by atoms with Crippen LogP contribution in [0.5, 0.6) is 0 Å². The second-order valence-corrected chi connectivity index (χ2v) is 22.7. The summed E-state index contributed by atoms with van der Waals surface area (Å²) >= 11 is 0. The molecular formula is C39H74NO11PSi. The standard InChI is InChI=1S/C39H74NO11PSi/c1-5-6-7-8-9-10-14-17-20-23-26-38(43)51-35(31-47-39(44)34-24-21-18-15-12-11-13-16-19-22-25-34)32-50-52(45,46)49-30-29-40-36(41)27-28-37(42)48-33-53(2,3)4/h34-35H,5-33H2,1-4H3,(H,40,41)(H,45,46). The topological polar surface area (TPSA) is 164 Å². The highest BCUT2D eigenvalue weighted by Gasteiger charge is 2.28. The van der Waals surface area contributed by atoms with Gasteiger partial charge in [-0.1, -0.05) is 142 Å². The third-order valence-corrected chi connectivity index (χ3v) is 11.2. The molecule has 0 heterocycles. The van der Waals surface area contributed by atoms with Gasteiger partial charge in [-0.05, 0) is 19.3 Å². The second kappa shape index (κ2) is 30.4. The van der Waals surface area contributed by atoms with Crippen molar-refractivity contribution in [1.29, 1.82) is 0 Å². The molecule has 1 amide bonds. The fourth-order valence-electron chi connectivity index (χ4n) is 6.05. The lowest BCUT2D eigenvalue weighted by molar-refractivity contribution is -0.163. The van der Waals surface area contributed by atoms with Crippen LogP contribution in [-0.2, 0) is 47.0 Å². The number of carbonyl (C=O) groups excluding carboxylic acids is 4. The molecule has 0 aromatic carbocycles. The van der Waals surface area contributed by atoms with Gasteiger partial charge < -0.3 is 24.4 Å². The minimum Gasteiger partial charge on any atom is -0.469 e. The van der Waals surface area contributed by atoms with Gasteiger partial charge in [-0.3, -0.25) is 28.2 Å². The maximum Gasteiger partial charge on any atom is 0.472 e. The van der Waals surface area contributed by atoms with Gasteiger partial charge in [0.2, 0.25) is 5.91 Å². The fourth-order valence-corrected chi connectivity index (χ4v) is 7.39. The van der Waals surface area contributed by atoms with Crippen molar-refractivity contribution in [2.45, 2.75) is 187 Å². The van der Waals surface area contributed by atoms with E-state index in [1.54, 1.807) is 0 Å². The van der Waals surface area contributed by atoms with Gasteiger partial charge >= 0.3 is 25.7 Å². The largest absolute Gasteiger partial charge is 0.472 e. The Bertz CT molecular complexity index is 1040. The van der Waals surface area contributed by atoms with E-state index >= 15 is 0 Å². The molecule has 1 aliphatic carbocycles. The zero-order valence-corrected chi connectivity index (χ0v) is 35.5. The lowest BCUT2D eigenvalue weighted by atomic mass is 9.93. The van der Waals surface area contributed by atoms with E-state index < -0.39 is 46.5 Å². The van der Waals surface area contributed by atoms with Crippen molar-refractivity contribution in [3.8, 4) is 0 Å². The average Bonchev–Trinajstić information content (AvgIpc) is 3.10. The van der Waals surface area contributed by atoms with Crippen molar-refractivity contribution in [3.63, 3.8) is 0 Å². The molecular weight excluding hydrogens is 717 g/mol. The van der Waals surface area contributed by atoms with E-state index in [4.69, 9.17) is 23.3 Å². The summed E-state index contributed by atoms with van der Waals surface area (Å²) in [6.07, 6.45) is 22.2. The van der Waals surface area contributed by atoms with Crippen molar-refractivity contribution >= 4 is 39.7 Å². The lowest BCUT2D eigenvalue weighted by Gasteiger charge is -2.22. The van der Waals surface area contributed by atoms with Gasteiger partial charge in [0.1, 0.15) is 6.61 Å². The Labute approximate surface area is 321 Å². The molecule has 1 aliphatic rings. The van der Waals surface area contributed by atoms with Crippen molar-refractivity contribution in [2.24, 2.45) is 5.92 Å². The molecule has 1 fully saturated rings. The number of amides is 1. The molecule has 2 unspecified atom stereocenters. The Kier molecular flexibility index (Phi) is 28.3. The van der Waals surface area contributed by atoms with Gasteiger partial charge in [0.15, 0.2) is 6.10 Å². The number of phosphoric acid groups is 1. The molecule has 0 spiro atoms. The van der Waals surface area contributed by atoms with Gasteiger partial charge in [-0.25, -0.2) is 4.57 Å². The second-order valence-electron chi connectivity index (χ2n) is 15.8. The fraction of sp³-hybridized carbons (Fsp3) is 0.897. The molecule has 0 aliphatic heterocycles. The number of rotatable bonds is 27. The number of carbonyl (C=O) groups is 4. The summed E-state index contributed by atoms with van der Waals surface area (Å²) in [5.41, 5.74) is 0. The van der Waals surface area contributed by atoms with Crippen LogP contribution in [0.2, 0.25) is 19.6 Å². The summed E-state index contributed by atoms with van der Waals surface area (Å²) in [6.45, 7) is 7.19. The van der Waals surface area contributed by atoms with Crippen LogP contribution in [0.15, 0.2) is 0 Å². The molecule has 1 rings (SSSR count). The molecule has 53 heavy (non-hydrogen) atoms. The van der Waals surface area contributed by atoms with E-state index in [1.165, 1.54) is 70.6 Å². The quantitative estimate of drug-likeness (QED) is 0.0268. The number of phosphoric ester groups is 1. The van der Waals surface area contributed by atoms with Crippen LogP contribution in [0.4, 0.5) is 0 Å². The third-order valence-electron chi connectivity index (χ3n) is 9.21. The summed E-state index contributed by atoms with van der Waals surface area (Å²) in [5, 5.41) is 2.53. The van der Waals surface area contributed by atoms with Crippen LogP contribution in [0.25, 0.3) is 0 Å². The van der Waals surface area contributed by atoms with Crippen LogP contribution >= 0.6 is 7.82 Å². The van der Waals surface area contributed by atoms with Crippen molar-refractivity contribution in [3.05, 3.63) is 0 Å². The van der Waals surface area contributed by atoms with Gasteiger partial charge in [-0.15, -0.1) is 0 Å². The summed E-state index contributed by atoms with van der Waals surface area (Å²) < 4.78 is 39.3. The molecule has 0 radical (unpaired) electrons. The molecule has 0 bridgehead atoms. The van der Waals surface area contributed by atoms with E-state index in [1.807, 2.05) is 0 Å². The predicted octanol–water partition coefficient (Wildman–Crippen LogP) is 9.12. The van der Waals surface area contributed by atoms with E-state index in [0.717, 1.165) is 57.8 Å². The monoisotopic (exact) mass is 791 g/mol. The molecule has 0 aromatic rings. The minimum absolute atomic E-state index is 0.0661. The lowest BCUT2D eigenvalue weighted by Crippen LogP contribution is -2.31. The molecule has 1 saturated carbocycles. The molecule has 2 atom stereocenters. The molecule has 0 aromatic heterocycles. The number of esters is 3. The highest BCUT2D eigenvalue weighted by atomic mass is 31.2. The number of unbranched alkanes of at least 4 members (excludes halogenated alkanes) is 9. The smallest absolute Gasteiger partial charge is 0.469 e. The number of ether oxygens (including phenoxy) is 3.